The number of ether oxygens (including phenoxy) is 2. The van der Waals surface area contributed by atoms with E-state index < -0.39 is 11.5 Å². The van der Waals surface area contributed by atoms with E-state index in [1.165, 1.54) is 19.2 Å². The first-order valence-corrected chi connectivity index (χ1v) is 6.65. The molecule has 1 rings (SSSR count). The van der Waals surface area contributed by atoms with Gasteiger partial charge in [-0.15, -0.1) is 0 Å². The lowest BCUT2D eigenvalue weighted by atomic mass is 10.0. The van der Waals surface area contributed by atoms with E-state index >= 15 is 0 Å². The molecule has 0 fully saturated rings. The Morgan fingerprint density at radius 1 is 1.45 bits per heavy atom. The number of methoxy groups -OCH3 is 1. The van der Waals surface area contributed by atoms with Crippen LogP contribution in [0.1, 0.15) is 25.8 Å². The van der Waals surface area contributed by atoms with Crippen LogP contribution in [0.5, 0.6) is 5.75 Å². The maximum atomic E-state index is 13.2. The van der Waals surface area contributed by atoms with Gasteiger partial charge in [-0.1, -0.05) is 13.0 Å². The molecule has 1 aromatic carbocycles. The van der Waals surface area contributed by atoms with Crippen LogP contribution in [0.25, 0.3) is 0 Å². The van der Waals surface area contributed by atoms with E-state index in [2.05, 4.69) is 5.32 Å². The molecule has 0 saturated heterocycles. The number of esters is 1. The number of carbonyl (C=O) groups excluding carboxylic acids is 1. The molecule has 0 saturated carbocycles. The molecule has 0 aliphatic carbocycles. The number of nitrogens with one attached hydrogen (secondary N) is 1. The number of carbonyl (C=O) groups is 1. The summed E-state index contributed by atoms with van der Waals surface area (Å²) in [6, 6.07) is 4.32. The van der Waals surface area contributed by atoms with Gasteiger partial charge in [0.1, 0.15) is 23.7 Å². The fourth-order valence-electron chi connectivity index (χ4n) is 1.76. The summed E-state index contributed by atoms with van der Waals surface area (Å²) in [7, 11) is 1.33. The quantitative estimate of drug-likeness (QED) is 0.781. The molecule has 0 amide bonds. The molecule has 0 aromatic heterocycles. The molecule has 1 atom stereocenters. The molecule has 1 unspecified atom stereocenters. The maximum Gasteiger partial charge on any atom is 0.329 e. The molecule has 0 spiro atoms. The van der Waals surface area contributed by atoms with Gasteiger partial charge in [0, 0.05) is 6.07 Å². The second kappa shape index (κ2) is 7.24. The Kier molecular flexibility index (Phi) is 5.95. The van der Waals surface area contributed by atoms with Gasteiger partial charge in [-0.25, -0.2) is 9.18 Å². The van der Waals surface area contributed by atoms with Gasteiger partial charge >= 0.3 is 5.97 Å². The summed E-state index contributed by atoms with van der Waals surface area (Å²) in [5.74, 6) is -0.342. The Hall–Kier alpha value is -1.62. The first-order valence-electron chi connectivity index (χ1n) is 6.65. The Morgan fingerprint density at radius 3 is 2.75 bits per heavy atom. The van der Waals surface area contributed by atoms with Gasteiger partial charge in [0.05, 0.1) is 7.11 Å². The normalized spacial score (nSPS) is 13.7. The fraction of sp³-hybridized carbons (Fsp3) is 0.533. The Bertz CT molecular complexity index is 464. The SMILES string of the molecule is CCCNC(C)(COc1cc(F)ccc1C)C(=O)OC. The minimum Gasteiger partial charge on any atom is -0.491 e. The average molecular weight is 283 g/mol. The zero-order chi connectivity index (χ0) is 15.2. The van der Waals surface area contributed by atoms with Crippen LogP contribution < -0.4 is 10.1 Å². The lowest BCUT2D eigenvalue weighted by molar-refractivity contribution is -0.149. The molecule has 20 heavy (non-hydrogen) atoms. The van der Waals surface area contributed by atoms with Crippen LogP contribution in [0, 0.1) is 12.7 Å². The average Bonchev–Trinajstić information content (AvgIpc) is 2.45. The van der Waals surface area contributed by atoms with E-state index in [-0.39, 0.29) is 12.4 Å². The summed E-state index contributed by atoms with van der Waals surface area (Å²) in [6.45, 7) is 6.27. The topological polar surface area (TPSA) is 47.6 Å². The number of hydrogen-bond donors (Lipinski definition) is 1. The lowest BCUT2D eigenvalue weighted by Gasteiger charge is -2.28. The van der Waals surface area contributed by atoms with E-state index in [0.29, 0.717) is 12.3 Å². The third-order valence-electron chi connectivity index (χ3n) is 3.07. The van der Waals surface area contributed by atoms with Crippen molar-refractivity contribution in [2.45, 2.75) is 32.7 Å². The predicted molar refractivity (Wildman–Crippen MR) is 75.3 cm³/mol. The Labute approximate surface area is 119 Å². The molecule has 0 aliphatic heterocycles. The second-order valence-corrected chi connectivity index (χ2v) is 4.95. The third kappa shape index (κ3) is 4.20. The van der Waals surface area contributed by atoms with Crippen LogP contribution in [-0.4, -0.2) is 31.8 Å². The zero-order valence-corrected chi connectivity index (χ0v) is 12.5. The summed E-state index contributed by atoms with van der Waals surface area (Å²) in [6.07, 6.45) is 0.881. The molecule has 5 heteroatoms. The third-order valence-corrected chi connectivity index (χ3v) is 3.07. The molecule has 0 heterocycles. The number of rotatable bonds is 7. The van der Waals surface area contributed by atoms with E-state index in [1.54, 1.807) is 13.0 Å². The fourth-order valence-corrected chi connectivity index (χ4v) is 1.76. The molecular weight excluding hydrogens is 261 g/mol. The molecule has 4 nitrogen and oxygen atoms in total. The highest BCUT2D eigenvalue weighted by molar-refractivity contribution is 5.80. The summed E-state index contributed by atoms with van der Waals surface area (Å²) in [5, 5.41) is 3.11. The van der Waals surface area contributed by atoms with Gasteiger partial charge in [-0.05, 0) is 38.4 Å². The van der Waals surface area contributed by atoms with Gasteiger partial charge in [0.15, 0.2) is 0 Å². The van der Waals surface area contributed by atoms with Crippen LogP contribution >= 0.6 is 0 Å². The number of hydrogen-bond acceptors (Lipinski definition) is 4. The maximum absolute atomic E-state index is 13.2. The van der Waals surface area contributed by atoms with Crippen molar-refractivity contribution < 1.29 is 18.7 Å². The predicted octanol–water partition coefficient (Wildman–Crippen LogP) is 2.44. The van der Waals surface area contributed by atoms with Crippen molar-refractivity contribution in [3.63, 3.8) is 0 Å². The van der Waals surface area contributed by atoms with E-state index in [1.807, 2.05) is 13.8 Å². The molecule has 112 valence electrons. The van der Waals surface area contributed by atoms with E-state index in [4.69, 9.17) is 9.47 Å². The largest absolute Gasteiger partial charge is 0.491 e. The standard InChI is InChI=1S/C15H22FNO3/c1-5-8-17-15(3,14(18)19-4)10-20-13-9-12(16)7-6-11(13)2/h6-7,9,17H,5,8,10H2,1-4H3. The molecule has 0 radical (unpaired) electrons. The van der Waals surface area contributed by atoms with Crippen molar-refractivity contribution in [1.82, 2.24) is 5.32 Å². The number of aryl methyl sites for hydroxylation is 1. The smallest absolute Gasteiger partial charge is 0.329 e. The van der Waals surface area contributed by atoms with Crippen LogP contribution in [0.2, 0.25) is 0 Å². The Balaban J connectivity index is 2.80. The van der Waals surface area contributed by atoms with Crippen molar-refractivity contribution >= 4 is 5.97 Å². The van der Waals surface area contributed by atoms with E-state index in [0.717, 1.165) is 12.0 Å². The van der Waals surface area contributed by atoms with Gasteiger partial charge < -0.3 is 9.47 Å². The van der Waals surface area contributed by atoms with Gasteiger partial charge in [-0.2, -0.15) is 0 Å². The van der Waals surface area contributed by atoms with Crippen LogP contribution in [0.3, 0.4) is 0 Å². The van der Waals surface area contributed by atoms with Gasteiger partial charge in [0.2, 0.25) is 0 Å². The van der Waals surface area contributed by atoms with Crippen molar-refractivity contribution in [2.75, 3.05) is 20.3 Å². The first-order chi connectivity index (χ1) is 9.42. The van der Waals surface area contributed by atoms with Crippen LogP contribution in [0.15, 0.2) is 18.2 Å². The summed E-state index contributed by atoms with van der Waals surface area (Å²) in [4.78, 5) is 11.9. The van der Waals surface area contributed by atoms with Gasteiger partial charge in [-0.3, -0.25) is 5.32 Å². The molecule has 1 aromatic rings. The van der Waals surface area contributed by atoms with Crippen molar-refractivity contribution in [3.8, 4) is 5.75 Å². The number of halogens is 1. The first kappa shape index (κ1) is 16.4. The lowest BCUT2D eigenvalue weighted by Crippen LogP contribution is -2.54. The zero-order valence-electron chi connectivity index (χ0n) is 12.5. The molecule has 0 bridgehead atoms. The van der Waals surface area contributed by atoms with Crippen LogP contribution in [-0.2, 0) is 9.53 Å². The second-order valence-electron chi connectivity index (χ2n) is 4.95. The van der Waals surface area contributed by atoms with E-state index in [9.17, 15) is 9.18 Å². The molecule has 1 N–H and O–H groups in total. The Morgan fingerprint density at radius 2 is 2.15 bits per heavy atom. The van der Waals surface area contributed by atoms with Gasteiger partial charge in [0.25, 0.3) is 0 Å². The highest BCUT2D eigenvalue weighted by Gasteiger charge is 2.34. The summed E-state index contributed by atoms with van der Waals surface area (Å²) in [5.41, 5.74) is -0.141. The summed E-state index contributed by atoms with van der Waals surface area (Å²) < 4.78 is 23.6. The minimum absolute atomic E-state index is 0.0734. The highest BCUT2D eigenvalue weighted by atomic mass is 19.1. The number of benzene rings is 1. The van der Waals surface area contributed by atoms with Crippen molar-refractivity contribution in [2.24, 2.45) is 0 Å². The monoisotopic (exact) mass is 283 g/mol. The van der Waals surface area contributed by atoms with Crippen molar-refractivity contribution in [1.29, 1.82) is 0 Å². The minimum atomic E-state index is -0.955. The molecular formula is C15H22FNO3. The summed E-state index contributed by atoms with van der Waals surface area (Å²) >= 11 is 0. The van der Waals surface area contributed by atoms with Crippen LogP contribution in [0.4, 0.5) is 4.39 Å². The van der Waals surface area contributed by atoms with Crippen molar-refractivity contribution in [3.05, 3.63) is 29.6 Å². The highest BCUT2D eigenvalue weighted by Crippen LogP contribution is 2.20. The molecule has 0 aliphatic rings.